The highest BCUT2D eigenvalue weighted by atomic mass is 32.2. The minimum absolute atomic E-state index is 0.205. The fraction of sp³-hybridized carbons (Fsp3) is 0.538. The third kappa shape index (κ3) is 2.74. The van der Waals surface area contributed by atoms with E-state index in [9.17, 15) is 8.42 Å². The fourth-order valence-corrected chi connectivity index (χ4v) is 3.90. The first-order valence-corrected chi connectivity index (χ1v) is 7.84. The van der Waals surface area contributed by atoms with E-state index in [-0.39, 0.29) is 6.04 Å². The number of benzene rings is 1. The van der Waals surface area contributed by atoms with E-state index in [4.69, 9.17) is 5.73 Å². The van der Waals surface area contributed by atoms with E-state index in [2.05, 4.69) is 0 Å². The predicted molar refractivity (Wildman–Crippen MR) is 71.5 cm³/mol. The Hall–Kier alpha value is -0.910. The van der Waals surface area contributed by atoms with Crippen molar-refractivity contribution in [3.05, 3.63) is 29.8 Å². The highest BCUT2D eigenvalue weighted by Gasteiger charge is 2.37. The van der Waals surface area contributed by atoms with Gasteiger partial charge in [0.25, 0.3) is 0 Å². The molecule has 0 bridgehead atoms. The van der Waals surface area contributed by atoms with Gasteiger partial charge in [0.2, 0.25) is 10.0 Å². The van der Waals surface area contributed by atoms with Crippen LogP contribution < -0.4 is 5.73 Å². The van der Waals surface area contributed by atoms with E-state index in [0.29, 0.717) is 18.0 Å². The molecule has 1 aromatic rings. The standard InChI is InChI=1S/C13H20N2O2S/c1-2-8-15(12-6-7-12)18(16,17)13-5-3-4-11(9-13)10-14/h3-5,9,12H,2,6-8,10,14H2,1H3. The van der Waals surface area contributed by atoms with E-state index < -0.39 is 10.0 Å². The number of nitrogens with zero attached hydrogens (tertiary/aromatic N) is 1. The van der Waals surface area contributed by atoms with Gasteiger partial charge in [-0.2, -0.15) is 4.31 Å². The number of sulfonamides is 1. The Labute approximate surface area is 109 Å². The topological polar surface area (TPSA) is 63.4 Å². The summed E-state index contributed by atoms with van der Waals surface area (Å²) in [6.07, 6.45) is 2.80. The lowest BCUT2D eigenvalue weighted by Gasteiger charge is -2.21. The van der Waals surface area contributed by atoms with E-state index in [1.54, 1.807) is 22.5 Å². The van der Waals surface area contributed by atoms with Crippen LogP contribution in [0.3, 0.4) is 0 Å². The highest BCUT2D eigenvalue weighted by Crippen LogP contribution is 2.32. The Morgan fingerprint density at radius 1 is 1.39 bits per heavy atom. The van der Waals surface area contributed by atoms with Crippen LogP contribution in [0.5, 0.6) is 0 Å². The predicted octanol–water partition coefficient (Wildman–Crippen LogP) is 1.71. The van der Waals surface area contributed by atoms with Gasteiger partial charge < -0.3 is 5.73 Å². The number of rotatable bonds is 6. The molecule has 1 saturated carbocycles. The summed E-state index contributed by atoms with van der Waals surface area (Å²) in [5, 5.41) is 0. The maximum Gasteiger partial charge on any atom is 0.243 e. The molecule has 18 heavy (non-hydrogen) atoms. The summed E-state index contributed by atoms with van der Waals surface area (Å²) < 4.78 is 26.8. The first-order chi connectivity index (χ1) is 8.59. The molecule has 1 aliphatic rings. The molecule has 0 aliphatic heterocycles. The van der Waals surface area contributed by atoms with Gasteiger partial charge in [-0.1, -0.05) is 19.1 Å². The number of nitrogens with two attached hydrogens (primary N) is 1. The summed E-state index contributed by atoms with van der Waals surface area (Å²) in [7, 11) is -3.35. The Morgan fingerprint density at radius 2 is 2.11 bits per heavy atom. The fourth-order valence-electron chi connectivity index (χ4n) is 2.05. The average Bonchev–Trinajstić information content (AvgIpc) is 3.20. The van der Waals surface area contributed by atoms with Crippen molar-refractivity contribution in [3.63, 3.8) is 0 Å². The zero-order chi connectivity index (χ0) is 13.2. The Balaban J connectivity index is 2.32. The van der Waals surface area contributed by atoms with Gasteiger partial charge in [-0.25, -0.2) is 8.42 Å². The molecule has 0 saturated heterocycles. The summed E-state index contributed by atoms with van der Waals surface area (Å²) in [4.78, 5) is 0.366. The second-order valence-corrected chi connectivity index (χ2v) is 6.59. The van der Waals surface area contributed by atoms with Gasteiger partial charge in [0.05, 0.1) is 4.90 Å². The second-order valence-electron chi connectivity index (χ2n) is 4.70. The first-order valence-electron chi connectivity index (χ1n) is 6.40. The van der Waals surface area contributed by atoms with Gasteiger partial charge >= 0.3 is 0 Å². The van der Waals surface area contributed by atoms with Crippen LogP contribution in [-0.4, -0.2) is 25.3 Å². The molecule has 100 valence electrons. The molecule has 5 heteroatoms. The Kier molecular flexibility index (Phi) is 4.04. The van der Waals surface area contributed by atoms with Crippen molar-refractivity contribution in [1.29, 1.82) is 0 Å². The third-order valence-electron chi connectivity index (χ3n) is 3.14. The summed E-state index contributed by atoms with van der Waals surface area (Å²) >= 11 is 0. The molecule has 2 N–H and O–H groups in total. The maximum absolute atomic E-state index is 12.6. The molecule has 0 spiro atoms. The first kappa shape index (κ1) is 13.5. The van der Waals surface area contributed by atoms with Gasteiger partial charge in [-0.3, -0.25) is 0 Å². The van der Waals surface area contributed by atoms with Crippen LogP contribution in [0.4, 0.5) is 0 Å². The third-order valence-corrected chi connectivity index (χ3v) is 5.09. The van der Waals surface area contributed by atoms with Crippen LogP contribution in [0.15, 0.2) is 29.2 Å². The normalized spacial score (nSPS) is 16.2. The SMILES string of the molecule is CCCN(C1CC1)S(=O)(=O)c1cccc(CN)c1. The van der Waals surface area contributed by atoms with Gasteiger partial charge in [0.1, 0.15) is 0 Å². The van der Waals surface area contributed by atoms with Crippen molar-refractivity contribution in [1.82, 2.24) is 4.31 Å². The quantitative estimate of drug-likeness (QED) is 0.854. The van der Waals surface area contributed by atoms with Gasteiger partial charge in [-0.05, 0) is 37.0 Å². The molecule has 4 nitrogen and oxygen atoms in total. The second kappa shape index (κ2) is 5.38. The Morgan fingerprint density at radius 3 is 2.67 bits per heavy atom. The molecule has 0 radical (unpaired) electrons. The van der Waals surface area contributed by atoms with E-state index in [1.165, 1.54) is 0 Å². The highest BCUT2D eigenvalue weighted by molar-refractivity contribution is 7.89. The van der Waals surface area contributed by atoms with E-state index >= 15 is 0 Å². The molecular weight excluding hydrogens is 248 g/mol. The smallest absolute Gasteiger partial charge is 0.243 e. The van der Waals surface area contributed by atoms with Crippen LogP contribution in [-0.2, 0) is 16.6 Å². The molecule has 0 atom stereocenters. The molecule has 1 fully saturated rings. The van der Waals surface area contributed by atoms with Crippen molar-refractivity contribution in [3.8, 4) is 0 Å². The summed E-state index contributed by atoms with van der Waals surface area (Å²) in [6, 6.07) is 7.14. The lowest BCUT2D eigenvalue weighted by atomic mass is 10.2. The molecule has 1 aromatic carbocycles. The van der Waals surface area contributed by atoms with Crippen molar-refractivity contribution >= 4 is 10.0 Å². The lowest BCUT2D eigenvalue weighted by Crippen LogP contribution is -2.33. The zero-order valence-electron chi connectivity index (χ0n) is 10.7. The Bertz CT molecular complexity index is 509. The summed E-state index contributed by atoms with van der Waals surface area (Å²) in [6.45, 7) is 2.96. The molecule has 2 rings (SSSR count). The number of hydrogen-bond acceptors (Lipinski definition) is 3. The van der Waals surface area contributed by atoms with Crippen LogP contribution in [0.1, 0.15) is 31.7 Å². The van der Waals surface area contributed by atoms with Crippen molar-refractivity contribution in [2.45, 2.75) is 43.7 Å². The van der Waals surface area contributed by atoms with Crippen molar-refractivity contribution in [2.24, 2.45) is 5.73 Å². The van der Waals surface area contributed by atoms with Gasteiger partial charge in [0.15, 0.2) is 0 Å². The van der Waals surface area contributed by atoms with Gasteiger partial charge in [0, 0.05) is 19.1 Å². The average molecular weight is 268 g/mol. The van der Waals surface area contributed by atoms with Gasteiger partial charge in [-0.15, -0.1) is 0 Å². The van der Waals surface area contributed by atoms with Crippen LogP contribution in [0.2, 0.25) is 0 Å². The van der Waals surface area contributed by atoms with Crippen molar-refractivity contribution in [2.75, 3.05) is 6.54 Å². The maximum atomic E-state index is 12.6. The van der Waals surface area contributed by atoms with Crippen LogP contribution >= 0.6 is 0 Å². The molecule has 1 aliphatic carbocycles. The van der Waals surface area contributed by atoms with Crippen LogP contribution in [0.25, 0.3) is 0 Å². The number of hydrogen-bond donors (Lipinski definition) is 1. The molecule has 0 aromatic heterocycles. The molecule has 0 unspecified atom stereocenters. The zero-order valence-corrected chi connectivity index (χ0v) is 11.5. The minimum atomic E-state index is -3.35. The van der Waals surface area contributed by atoms with Crippen molar-refractivity contribution < 1.29 is 8.42 Å². The summed E-state index contributed by atoms with van der Waals surface area (Å²) in [5.41, 5.74) is 6.41. The summed E-state index contributed by atoms with van der Waals surface area (Å²) in [5.74, 6) is 0. The van der Waals surface area contributed by atoms with Crippen LogP contribution in [0, 0.1) is 0 Å². The lowest BCUT2D eigenvalue weighted by molar-refractivity contribution is 0.403. The largest absolute Gasteiger partial charge is 0.326 e. The minimum Gasteiger partial charge on any atom is -0.326 e. The monoisotopic (exact) mass is 268 g/mol. The molecule has 0 amide bonds. The van der Waals surface area contributed by atoms with E-state index in [1.807, 2.05) is 13.0 Å². The molecule has 0 heterocycles. The molecular formula is C13H20N2O2S. The van der Waals surface area contributed by atoms with E-state index in [0.717, 1.165) is 24.8 Å².